The van der Waals surface area contributed by atoms with E-state index < -0.39 is 0 Å². The van der Waals surface area contributed by atoms with Crippen LogP contribution in [0.15, 0.2) is 5.16 Å². The molecule has 0 aliphatic heterocycles. The Morgan fingerprint density at radius 3 is 2.25 bits per heavy atom. The van der Waals surface area contributed by atoms with E-state index in [0.717, 1.165) is 0 Å². The maximum atomic E-state index is 11.9. The number of amides is 1. The molecule has 0 fully saturated rings. The highest BCUT2D eigenvalue weighted by molar-refractivity contribution is 5.86. The number of amidine groups is 1. The van der Waals surface area contributed by atoms with Crippen molar-refractivity contribution in [2.45, 2.75) is 39.8 Å². The Kier molecular flexibility index (Phi) is 6.48. The van der Waals surface area contributed by atoms with Crippen molar-refractivity contribution in [1.82, 2.24) is 10.2 Å². The molecule has 16 heavy (non-hydrogen) atoms. The van der Waals surface area contributed by atoms with Gasteiger partial charge in [0, 0.05) is 13.1 Å². The molecule has 94 valence electrons. The number of nitrogens with one attached hydrogen (secondary N) is 1. The number of nitrogens with zero attached hydrogens (tertiary/aromatic N) is 2. The first-order valence-corrected chi connectivity index (χ1v) is 5.50. The minimum atomic E-state index is -0.352. The number of nitrogens with two attached hydrogens (primary N) is 1. The third-order valence-electron chi connectivity index (χ3n) is 2.50. The zero-order valence-corrected chi connectivity index (χ0v) is 10.4. The molecular weight excluding hydrogens is 208 g/mol. The summed E-state index contributed by atoms with van der Waals surface area (Å²) >= 11 is 0. The van der Waals surface area contributed by atoms with Crippen molar-refractivity contribution in [2.24, 2.45) is 10.9 Å². The van der Waals surface area contributed by atoms with Gasteiger partial charge in [0.1, 0.15) is 0 Å². The highest BCUT2D eigenvalue weighted by Gasteiger charge is 2.20. The Bertz CT molecular complexity index is 251. The average Bonchev–Trinajstić information content (AvgIpc) is 2.29. The molecule has 0 aromatic heterocycles. The molecule has 4 N–H and O–H groups in total. The van der Waals surface area contributed by atoms with Gasteiger partial charge in [-0.3, -0.25) is 10.1 Å². The monoisotopic (exact) mass is 230 g/mol. The Morgan fingerprint density at radius 2 is 1.88 bits per heavy atom. The van der Waals surface area contributed by atoms with Crippen LogP contribution in [-0.2, 0) is 4.79 Å². The van der Waals surface area contributed by atoms with Gasteiger partial charge in [-0.05, 0) is 27.7 Å². The molecule has 2 atom stereocenters. The van der Waals surface area contributed by atoms with E-state index in [2.05, 4.69) is 10.5 Å². The summed E-state index contributed by atoms with van der Waals surface area (Å²) in [6, 6.07) is -0.685. The van der Waals surface area contributed by atoms with Crippen molar-refractivity contribution >= 4 is 11.7 Å². The smallest absolute Gasteiger partial charge is 0.239 e. The number of hydrogen-bond donors (Lipinski definition) is 3. The van der Waals surface area contributed by atoms with Crippen LogP contribution in [0.4, 0.5) is 0 Å². The van der Waals surface area contributed by atoms with Crippen LogP contribution in [0, 0.1) is 0 Å². The van der Waals surface area contributed by atoms with Crippen LogP contribution in [0.3, 0.4) is 0 Å². The highest BCUT2D eigenvalue weighted by atomic mass is 16.4. The molecule has 0 aliphatic carbocycles. The standard InChI is InChI=1S/C10H22N4O2/c1-5-14(6-2)10(15)8(4)12-7(3)9(11)13-16/h7-8,12,16H,5-6H2,1-4H3,(H2,11,13). The summed E-state index contributed by atoms with van der Waals surface area (Å²) in [6.45, 7) is 8.73. The number of likely N-dealkylation sites (N-methyl/N-ethyl adjacent to an activating group) is 1. The maximum Gasteiger partial charge on any atom is 0.239 e. The van der Waals surface area contributed by atoms with Gasteiger partial charge in [0.05, 0.1) is 12.1 Å². The minimum Gasteiger partial charge on any atom is -0.409 e. The molecule has 6 heteroatoms. The summed E-state index contributed by atoms with van der Waals surface area (Å²) in [7, 11) is 0. The molecule has 0 aromatic carbocycles. The predicted molar refractivity (Wildman–Crippen MR) is 63.4 cm³/mol. The second kappa shape index (κ2) is 7.05. The number of oxime groups is 1. The van der Waals surface area contributed by atoms with E-state index in [1.54, 1.807) is 18.7 Å². The van der Waals surface area contributed by atoms with Crippen molar-refractivity contribution in [3.8, 4) is 0 Å². The molecule has 0 radical (unpaired) electrons. The third-order valence-corrected chi connectivity index (χ3v) is 2.50. The lowest BCUT2D eigenvalue weighted by Crippen LogP contribution is -2.51. The van der Waals surface area contributed by atoms with E-state index in [0.29, 0.717) is 13.1 Å². The topological polar surface area (TPSA) is 91.0 Å². The summed E-state index contributed by atoms with van der Waals surface area (Å²) in [5, 5.41) is 14.4. The fourth-order valence-corrected chi connectivity index (χ4v) is 1.43. The molecule has 0 bridgehead atoms. The summed E-state index contributed by atoms with van der Waals surface area (Å²) in [5.74, 6) is 0.0850. The fraction of sp³-hybridized carbons (Fsp3) is 0.800. The summed E-state index contributed by atoms with van der Waals surface area (Å²) in [4.78, 5) is 13.6. The zero-order valence-electron chi connectivity index (χ0n) is 10.4. The van der Waals surface area contributed by atoms with Gasteiger partial charge in [-0.1, -0.05) is 5.16 Å². The summed E-state index contributed by atoms with van der Waals surface area (Å²) < 4.78 is 0. The lowest BCUT2D eigenvalue weighted by Gasteiger charge is -2.25. The Hall–Kier alpha value is -1.30. The van der Waals surface area contributed by atoms with Gasteiger partial charge in [0.25, 0.3) is 0 Å². The molecular formula is C10H22N4O2. The van der Waals surface area contributed by atoms with Crippen LogP contribution in [0.5, 0.6) is 0 Å². The fourth-order valence-electron chi connectivity index (χ4n) is 1.43. The molecule has 2 unspecified atom stereocenters. The Balaban J connectivity index is 4.35. The highest BCUT2D eigenvalue weighted by Crippen LogP contribution is 1.96. The Morgan fingerprint density at radius 1 is 1.38 bits per heavy atom. The zero-order chi connectivity index (χ0) is 12.7. The van der Waals surface area contributed by atoms with Crippen molar-refractivity contribution in [2.75, 3.05) is 13.1 Å². The second-order valence-electron chi connectivity index (χ2n) is 3.65. The quantitative estimate of drug-likeness (QED) is 0.258. The van der Waals surface area contributed by atoms with Gasteiger partial charge in [0.2, 0.25) is 5.91 Å². The first-order chi connectivity index (χ1) is 7.47. The summed E-state index contributed by atoms with van der Waals surface area (Å²) in [6.07, 6.45) is 0. The maximum absolute atomic E-state index is 11.9. The molecule has 1 amide bonds. The van der Waals surface area contributed by atoms with E-state index in [9.17, 15) is 4.79 Å². The number of rotatable bonds is 6. The van der Waals surface area contributed by atoms with Crippen LogP contribution in [0.2, 0.25) is 0 Å². The average molecular weight is 230 g/mol. The van der Waals surface area contributed by atoms with Crippen LogP contribution in [-0.4, -0.2) is 47.0 Å². The molecule has 0 saturated heterocycles. The first-order valence-electron chi connectivity index (χ1n) is 5.50. The van der Waals surface area contributed by atoms with Crippen LogP contribution >= 0.6 is 0 Å². The van der Waals surface area contributed by atoms with Crippen LogP contribution < -0.4 is 11.1 Å². The minimum absolute atomic E-state index is 0.0163. The van der Waals surface area contributed by atoms with Crippen molar-refractivity contribution in [3.05, 3.63) is 0 Å². The number of hydrogen-bond acceptors (Lipinski definition) is 4. The van der Waals surface area contributed by atoms with Crippen LogP contribution in [0.25, 0.3) is 0 Å². The molecule has 0 aromatic rings. The van der Waals surface area contributed by atoms with Crippen LogP contribution in [0.1, 0.15) is 27.7 Å². The lowest BCUT2D eigenvalue weighted by molar-refractivity contribution is -0.132. The van der Waals surface area contributed by atoms with Gasteiger partial charge in [0.15, 0.2) is 5.84 Å². The molecule has 0 heterocycles. The van der Waals surface area contributed by atoms with E-state index in [-0.39, 0.29) is 23.8 Å². The van der Waals surface area contributed by atoms with Crippen molar-refractivity contribution in [1.29, 1.82) is 0 Å². The van der Waals surface area contributed by atoms with Gasteiger partial charge < -0.3 is 15.8 Å². The largest absolute Gasteiger partial charge is 0.409 e. The molecule has 0 saturated carbocycles. The molecule has 0 rings (SSSR count). The third kappa shape index (κ3) is 4.06. The van der Waals surface area contributed by atoms with E-state index in [4.69, 9.17) is 10.9 Å². The molecule has 0 aliphatic rings. The van der Waals surface area contributed by atoms with Crippen molar-refractivity contribution < 1.29 is 10.0 Å². The summed E-state index contributed by atoms with van der Waals surface area (Å²) in [5.41, 5.74) is 5.42. The van der Waals surface area contributed by atoms with Gasteiger partial charge in [-0.25, -0.2) is 0 Å². The normalized spacial score (nSPS) is 15.6. The van der Waals surface area contributed by atoms with E-state index in [1.807, 2.05) is 13.8 Å². The SMILES string of the molecule is CCN(CC)C(=O)C(C)NC(C)C(N)=NO. The Labute approximate surface area is 96.5 Å². The number of carbonyl (C=O) groups excluding carboxylic acids is 1. The predicted octanol–water partition coefficient (Wildman–Crippen LogP) is -0.0322. The molecule has 6 nitrogen and oxygen atoms in total. The second-order valence-corrected chi connectivity index (χ2v) is 3.65. The van der Waals surface area contributed by atoms with Crippen molar-refractivity contribution in [3.63, 3.8) is 0 Å². The molecule has 0 spiro atoms. The van der Waals surface area contributed by atoms with E-state index in [1.165, 1.54) is 0 Å². The van der Waals surface area contributed by atoms with E-state index >= 15 is 0 Å². The van der Waals surface area contributed by atoms with Gasteiger partial charge in [-0.2, -0.15) is 0 Å². The van der Waals surface area contributed by atoms with Gasteiger partial charge >= 0.3 is 0 Å². The van der Waals surface area contributed by atoms with Gasteiger partial charge in [-0.15, -0.1) is 0 Å². The number of carbonyl (C=O) groups is 1. The lowest BCUT2D eigenvalue weighted by atomic mass is 10.2. The first kappa shape index (κ1) is 14.7.